The summed E-state index contributed by atoms with van der Waals surface area (Å²) in [6.45, 7) is 3.76. The van der Waals surface area contributed by atoms with E-state index in [1.165, 1.54) is 0 Å². The normalized spacial score (nSPS) is 11.5. The molecule has 0 saturated carbocycles. The third-order valence-electron chi connectivity index (χ3n) is 5.28. The molecule has 4 rings (SSSR count). The average molecular weight is 553 g/mol. The molecule has 2 N–H and O–H groups in total. The fourth-order valence-electron chi connectivity index (χ4n) is 3.20. The zero-order valence-corrected chi connectivity index (χ0v) is 23.1. The second kappa shape index (κ2) is 15.0. The van der Waals surface area contributed by atoms with Crippen LogP contribution >= 0.6 is 22.7 Å². The van der Waals surface area contributed by atoms with Crippen LogP contribution in [0.25, 0.3) is 0 Å². The van der Waals surface area contributed by atoms with Gasteiger partial charge < -0.3 is 20.1 Å². The molecule has 2 aromatic carbocycles. The SMILES string of the molecule is C[n+]1ccsc1N=Nc1ccc(NCCOCCOCCNc2ccc(N=Nc3scc[n+]3C)cc2)cc1. The number of aryl methyl sites for hydroxylation is 2. The molecule has 0 unspecified atom stereocenters. The van der Waals surface area contributed by atoms with Crippen LogP contribution in [0, 0.1) is 0 Å². The lowest BCUT2D eigenvalue weighted by Crippen LogP contribution is -2.23. The minimum atomic E-state index is 0.558. The standard InChI is InChI=1S/C26H30N8O2S2/c1-33-13-19-37-25(33)31-29-23-7-3-21(4-8-23)27-11-15-35-17-18-36-16-12-28-22-5-9-24(10-6-22)30-32-26-34(2)14-20-38-26/h3-10,13-14,19-20H,11-12,15-18H2,1-2H3/p+2. The highest BCUT2D eigenvalue weighted by Crippen LogP contribution is 2.21. The predicted molar refractivity (Wildman–Crippen MR) is 151 cm³/mol. The molecule has 10 nitrogen and oxygen atoms in total. The summed E-state index contributed by atoms with van der Waals surface area (Å²) in [6, 6.07) is 15.7. The van der Waals surface area contributed by atoms with Crippen LogP contribution in [0.2, 0.25) is 0 Å². The minimum absolute atomic E-state index is 0.558. The van der Waals surface area contributed by atoms with Crippen LogP contribution in [0.5, 0.6) is 0 Å². The molecular weight excluding hydrogens is 520 g/mol. The quantitative estimate of drug-likeness (QED) is 0.110. The number of ether oxygens (including phenoxy) is 2. The number of thiazole rings is 2. The van der Waals surface area contributed by atoms with Crippen LogP contribution in [0.15, 0.2) is 92.1 Å². The Morgan fingerprint density at radius 2 is 1.03 bits per heavy atom. The molecule has 0 atom stereocenters. The van der Waals surface area contributed by atoms with Crippen LogP contribution < -0.4 is 19.8 Å². The molecule has 0 aliphatic rings. The first-order valence-electron chi connectivity index (χ1n) is 12.2. The first-order valence-corrected chi connectivity index (χ1v) is 14.0. The lowest BCUT2D eigenvalue weighted by atomic mass is 10.3. The number of hydrogen-bond acceptors (Lipinski definition) is 10. The summed E-state index contributed by atoms with van der Waals surface area (Å²) in [5.41, 5.74) is 3.66. The van der Waals surface area contributed by atoms with E-state index in [-0.39, 0.29) is 0 Å². The Morgan fingerprint density at radius 3 is 1.39 bits per heavy atom. The van der Waals surface area contributed by atoms with Crippen LogP contribution in [-0.4, -0.2) is 39.5 Å². The van der Waals surface area contributed by atoms with Crippen LogP contribution in [-0.2, 0) is 23.6 Å². The van der Waals surface area contributed by atoms with Crippen molar-refractivity contribution in [2.24, 2.45) is 34.6 Å². The topological polar surface area (TPSA) is 99.7 Å². The third-order valence-corrected chi connectivity index (χ3v) is 6.96. The van der Waals surface area contributed by atoms with E-state index < -0.39 is 0 Å². The van der Waals surface area contributed by atoms with Crippen molar-refractivity contribution in [3.8, 4) is 0 Å². The average Bonchev–Trinajstić information content (AvgIpc) is 3.55. The lowest BCUT2D eigenvalue weighted by Gasteiger charge is -2.09. The van der Waals surface area contributed by atoms with Gasteiger partial charge in [-0.3, -0.25) is 0 Å². The van der Waals surface area contributed by atoms with E-state index in [1.54, 1.807) is 22.7 Å². The Bertz CT molecular complexity index is 1200. The van der Waals surface area contributed by atoms with Crippen molar-refractivity contribution in [1.29, 1.82) is 0 Å². The Balaban J connectivity index is 1.01. The van der Waals surface area contributed by atoms with E-state index in [0.717, 1.165) is 46.1 Å². The molecule has 198 valence electrons. The van der Waals surface area contributed by atoms with Gasteiger partial charge in [0.05, 0.1) is 50.8 Å². The monoisotopic (exact) mass is 552 g/mol. The van der Waals surface area contributed by atoms with Crippen LogP contribution in [0.1, 0.15) is 0 Å². The molecule has 2 heterocycles. The van der Waals surface area contributed by atoms with Crippen molar-refractivity contribution in [2.75, 3.05) is 50.2 Å². The fraction of sp³-hybridized carbons (Fsp3) is 0.308. The molecule has 0 bridgehead atoms. The van der Waals surface area contributed by atoms with Gasteiger partial charge in [-0.15, -0.1) is 0 Å². The molecular formula is C26H32N8O2S2+2. The van der Waals surface area contributed by atoms with Gasteiger partial charge in [0.25, 0.3) is 0 Å². The maximum Gasteiger partial charge on any atom is 0.408 e. The molecule has 0 fully saturated rings. The molecule has 2 aromatic heterocycles. The smallest absolute Gasteiger partial charge is 0.383 e. The highest BCUT2D eigenvalue weighted by atomic mass is 32.1. The highest BCUT2D eigenvalue weighted by molar-refractivity contribution is 7.13. The Morgan fingerprint density at radius 1 is 0.605 bits per heavy atom. The van der Waals surface area contributed by atoms with Crippen molar-refractivity contribution in [3.05, 3.63) is 71.7 Å². The van der Waals surface area contributed by atoms with Crippen molar-refractivity contribution in [3.63, 3.8) is 0 Å². The summed E-state index contributed by atoms with van der Waals surface area (Å²) < 4.78 is 15.2. The van der Waals surface area contributed by atoms with Gasteiger partial charge >= 0.3 is 10.3 Å². The number of nitrogens with one attached hydrogen (secondary N) is 2. The van der Waals surface area contributed by atoms with Gasteiger partial charge in [-0.1, -0.05) is 0 Å². The van der Waals surface area contributed by atoms with Gasteiger partial charge in [0.2, 0.25) is 0 Å². The van der Waals surface area contributed by atoms with Crippen molar-refractivity contribution < 1.29 is 18.6 Å². The fourth-order valence-corrected chi connectivity index (χ4v) is 4.56. The minimum Gasteiger partial charge on any atom is -0.383 e. The summed E-state index contributed by atoms with van der Waals surface area (Å²) in [6.07, 6.45) is 3.92. The highest BCUT2D eigenvalue weighted by Gasteiger charge is 2.08. The molecule has 0 saturated heterocycles. The van der Waals surface area contributed by atoms with Crippen molar-refractivity contribution >= 4 is 55.7 Å². The maximum absolute atomic E-state index is 5.64. The zero-order chi connectivity index (χ0) is 26.4. The number of azo groups is 2. The number of hydrogen-bond donors (Lipinski definition) is 2. The summed E-state index contributed by atoms with van der Waals surface area (Å²) in [5, 5.41) is 29.4. The number of benzene rings is 2. The number of aromatic nitrogens is 2. The molecule has 12 heteroatoms. The first-order chi connectivity index (χ1) is 18.7. The van der Waals surface area contributed by atoms with E-state index in [0.29, 0.717) is 26.4 Å². The lowest BCUT2D eigenvalue weighted by molar-refractivity contribution is -0.654. The molecule has 0 aliphatic carbocycles. The summed E-state index contributed by atoms with van der Waals surface area (Å²) >= 11 is 3.11. The van der Waals surface area contributed by atoms with Gasteiger partial charge in [0, 0.05) is 35.2 Å². The van der Waals surface area contributed by atoms with E-state index >= 15 is 0 Å². The second-order valence-electron chi connectivity index (χ2n) is 8.17. The van der Waals surface area contributed by atoms with Gasteiger partial charge in [0.1, 0.15) is 23.8 Å². The van der Waals surface area contributed by atoms with Crippen molar-refractivity contribution in [2.45, 2.75) is 0 Å². The molecule has 4 aromatic rings. The first kappa shape index (κ1) is 27.5. The predicted octanol–water partition coefficient (Wildman–Crippen LogP) is 5.85. The Kier molecular flexibility index (Phi) is 10.8. The Labute approximate surface area is 230 Å². The zero-order valence-electron chi connectivity index (χ0n) is 21.5. The second-order valence-corrected chi connectivity index (χ2v) is 9.91. The third kappa shape index (κ3) is 9.06. The van der Waals surface area contributed by atoms with Gasteiger partial charge in [-0.05, 0) is 81.4 Å². The molecule has 0 amide bonds. The van der Waals surface area contributed by atoms with Gasteiger partial charge in [-0.2, -0.15) is 0 Å². The van der Waals surface area contributed by atoms with E-state index in [4.69, 9.17) is 9.47 Å². The van der Waals surface area contributed by atoms with E-state index in [2.05, 4.69) is 31.1 Å². The van der Waals surface area contributed by atoms with E-state index in [9.17, 15) is 0 Å². The molecule has 0 radical (unpaired) electrons. The maximum atomic E-state index is 5.64. The number of nitrogens with zero attached hydrogens (tertiary/aromatic N) is 6. The van der Waals surface area contributed by atoms with Crippen LogP contribution in [0.4, 0.5) is 33.0 Å². The van der Waals surface area contributed by atoms with Crippen LogP contribution in [0.3, 0.4) is 0 Å². The summed E-state index contributed by atoms with van der Waals surface area (Å²) in [4.78, 5) is 0. The number of rotatable bonds is 15. The number of anilines is 2. The van der Waals surface area contributed by atoms with Gasteiger partial charge in [-0.25, -0.2) is 9.13 Å². The molecule has 0 spiro atoms. The summed E-state index contributed by atoms with van der Waals surface area (Å²) in [5.74, 6) is 0. The Hall–Kier alpha value is -3.58. The molecule has 0 aliphatic heterocycles. The van der Waals surface area contributed by atoms with E-state index in [1.807, 2.05) is 94.9 Å². The summed E-state index contributed by atoms with van der Waals surface area (Å²) in [7, 11) is 3.90. The largest absolute Gasteiger partial charge is 0.408 e. The molecule has 38 heavy (non-hydrogen) atoms. The van der Waals surface area contributed by atoms with Crippen molar-refractivity contribution in [1.82, 2.24) is 0 Å². The van der Waals surface area contributed by atoms with Gasteiger partial charge in [0.15, 0.2) is 0 Å².